The molecule has 9 nitrogen and oxygen atoms in total. The Bertz CT molecular complexity index is 1590. The van der Waals surface area contributed by atoms with E-state index >= 15 is 0 Å². The Morgan fingerprint density at radius 2 is 1.51 bits per heavy atom. The number of fused-ring (bicyclic) bond motifs is 1. The number of rotatable bonds is 6. The highest BCUT2D eigenvalue weighted by Gasteiger charge is 2.23. The predicted octanol–water partition coefficient (Wildman–Crippen LogP) is 2.65. The predicted molar refractivity (Wildman–Crippen MR) is 131 cm³/mol. The largest absolute Gasteiger partial charge is 0.451 e. The molecule has 178 valence electrons. The van der Waals surface area contributed by atoms with Gasteiger partial charge in [0.1, 0.15) is 5.69 Å². The number of sulfonamides is 1. The minimum absolute atomic E-state index is 0.0187. The average Bonchev–Trinajstić information content (AvgIpc) is 2.85. The van der Waals surface area contributed by atoms with E-state index in [0.717, 1.165) is 0 Å². The summed E-state index contributed by atoms with van der Waals surface area (Å²) in [4.78, 5) is 38.3. The van der Waals surface area contributed by atoms with Gasteiger partial charge in [0.2, 0.25) is 10.0 Å². The number of primary sulfonamides is 1. The molecule has 0 aliphatic carbocycles. The van der Waals surface area contributed by atoms with Gasteiger partial charge in [-0.3, -0.25) is 9.59 Å². The van der Waals surface area contributed by atoms with Crippen molar-refractivity contribution >= 4 is 38.4 Å². The molecule has 4 aromatic rings. The molecule has 0 saturated heterocycles. The van der Waals surface area contributed by atoms with Crippen molar-refractivity contribution < 1.29 is 22.7 Å². The van der Waals surface area contributed by atoms with E-state index in [4.69, 9.17) is 9.88 Å². The number of nitrogens with one attached hydrogen (secondary N) is 1. The van der Waals surface area contributed by atoms with Gasteiger partial charge in [0, 0.05) is 23.7 Å². The van der Waals surface area contributed by atoms with Crippen molar-refractivity contribution in [2.75, 3.05) is 11.9 Å². The second kappa shape index (κ2) is 9.53. The number of carbonyl (C=O) groups excluding carboxylic acids is 2. The van der Waals surface area contributed by atoms with E-state index in [1.54, 1.807) is 24.3 Å². The normalized spacial score (nSPS) is 11.3. The first-order valence-corrected chi connectivity index (χ1v) is 12.0. The molecule has 1 amide bonds. The number of nitrogens with zero attached hydrogens (tertiary/aromatic N) is 1. The Morgan fingerprint density at radius 1 is 0.914 bits per heavy atom. The number of pyridine rings is 1. The first-order valence-electron chi connectivity index (χ1n) is 10.4. The SMILES string of the molecule is Cn1c(C(=O)OCC(=O)Nc2ccc(S(N)(=O)=O)cc2)c(-c2ccccc2)c2ccccc2c1=O. The highest BCUT2D eigenvalue weighted by molar-refractivity contribution is 7.89. The fourth-order valence-corrected chi connectivity index (χ4v) is 4.24. The summed E-state index contributed by atoms with van der Waals surface area (Å²) in [5.41, 5.74) is 1.18. The van der Waals surface area contributed by atoms with Crippen molar-refractivity contribution in [3.8, 4) is 11.1 Å². The Labute approximate surface area is 200 Å². The van der Waals surface area contributed by atoms with Crippen LogP contribution < -0.4 is 16.0 Å². The van der Waals surface area contributed by atoms with Crippen LogP contribution in [0.1, 0.15) is 10.5 Å². The summed E-state index contributed by atoms with van der Waals surface area (Å²) in [6.45, 7) is -0.620. The van der Waals surface area contributed by atoms with Crippen LogP contribution in [0.5, 0.6) is 0 Å². The van der Waals surface area contributed by atoms with Gasteiger partial charge >= 0.3 is 5.97 Å². The number of aromatic nitrogens is 1. The van der Waals surface area contributed by atoms with Crippen LogP contribution in [0, 0.1) is 0 Å². The lowest BCUT2D eigenvalue weighted by Gasteiger charge is -2.16. The fourth-order valence-electron chi connectivity index (χ4n) is 3.73. The topological polar surface area (TPSA) is 138 Å². The maximum atomic E-state index is 13.1. The third-order valence-corrected chi connectivity index (χ3v) is 6.29. The molecule has 0 radical (unpaired) electrons. The van der Waals surface area contributed by atoms with Gasteiger partial charge in [0.15, 0.2) is 6.61 Å². The zero-order valence-corrected chi connectivity index (χ0v) is 19.4. The van der Waals surface area contributed by atoms with Crippen molar-refractivity contribution in [1.29, 1.82) is 0 Å². The van der Waals surface area contributed by atoms with Gasteiger partial charge in [0.05, 0.1) is 4.90 Å². The van der Waals surface area contributed by atoms with Gasteiger partial charge in [-0.1, -0.05) is 48.5 Å². The van der Waals surface area contributed by atoms with Gasteiger partial charge in [-0.15, -0.1) is 0 Å². The first kappa shape index (κ1) is 23.9. The number of carbonyl (C=O) groups is 2. The van der Waals surface area contributed by atoms with Crippen molar-refractivity contribution in [2.45, 2.75) is 4.90 Å². The van der Waals surface area contributed by atoms with Gasteiger partial charge in [-0.05, 0) is 41.3 Å². The number of benzene rings is 3. The molecule has 1 heterocycles. The quantitative estimate of drug-likeness (QED) is 0.398. The zero-order valence-electron chi connectivity index (χ0n) is 18.6. The molecule has 10 heteroatoms. The maximum Gasteiger partial charge on any atom is 0.356 e. The molecular formula is C25H21N3O6S. The number of ether oxygens (including phenoxy) is 1. The molecule has 0 saturated carbocycles. The highest BCUT2D eigenvalue weighted by atomic mass is 32.2. The summed E-state index contributed by atoms with van der Waals surface area (Å²) in [7, 11) is -2.38. The van der Waals surface area contributed by atoms with E-state index in [1.807, 2.05) is 30.3 Å². The average molecular weight is 492 g/mol. The number of hydrogen-bond acceptors (Lipinski definition) is 6. The molecule has 3 N–H and O–H groups in total. The van der Waals surface area contributed by atoms with Crippen LogP contribution in [0.4, 0.5) is 5.69 Å². The molecule has 0 aliphatic heterocycles. The first-order chi connectivity index (χ1) is 16.7. The van der Waals surface area contributed by atoms with E-state index in [1.165, 1.54) is 35.9 Å². The Morgan fingerprint density at radius 3 is 2.14 bits per heavy atom. The van der Waals surface area contributed by atoms with Crippen LogP contribution >= 0.6 is 0 Å². The van der Waals surface area contributed by atoms with E-state index in [9.17, 15) is 22.8 Å². The van der Waals surface area contributed by atoms with Crippen molar-refractivity contribution in [1.82, 2.24) is 4.57 Å². The summed E-state index contributed by atoms with van der Waals surface area (Å²) < 4.78 is 29.2. The number of amides is 1. The maximum absolute atomic E-state index is 13.1. The van der Waals surface area contributed by atoms with E-state index in [-0.39, 0.29) is 16.1 Å². The van der Waals surface area contributed by atoms with Gasteiger partial charge < -0.3 is 14.6 Å². The lowest BCUT2D eigenvalue weighted by Crippen LogP contribution is -2.28. The van der Waals surface area contributed by atoms with Crippen LogP contribution in [0.25, 0.3) is 21.9 Å². The second-order valence-electron chi connectivity index (χ2n) is 7.69. The molecule has 0 fully saturated rings. The number of anilines is 1. The minimum atomic E-state index is -3.86. The molecule has 4 rings (SSSR count). The van der Waals surface area contributed by atoms with Crippen LogP contribution in [0.3, 0.4) is 0 Å². The number of esters is 1. The summed E-state index contributed by atoms with van der Waals surface area (Å²) >= 11 is 0. The summed E-state index contributed by atoms with van der Waals surface area (Å²) in [6, 6.07) is 21.3. The Hall–Kier alpha value is -4.28. The molecule has 0 aliphatic rings. The smallest absolute Gasteiger partial charge is 0.356 e. The van der Waals surface area contributed by atoms with Crippen LogP contribution in [0.2, 0.25) is 0 Å². The van der Waals surface area contributed by atoms with Gasteiger partial charge in [0.25, 0.3) is 11.5 Å². The number of hydrogen-bond donors (Lipinski definition) is 2. The zero-order chi connectivity index (χ0) is 25.2. The van der Waals surface area contributed by atoms with Crippen LogP contribution in [-0.4, -0.2) is 31.5 Å². The van der Waals surface area contributed by atoms with Gasteiger partial charge in [-0.25, -0.2) is 18.4 Å². The van der Waals surface area contributed by atoms with E-state index in [0.29, 0.717) is 27.6 Å². The second-order valence-corrected chi connectivity index (χ2v) is 9.25. The monoisotopic (exact) mass is 491 g/mol. The minimum Gasteiger partial charge on any atom is -0.451 e. The lowest BCUT2D eigenvalue weighted by atomic mass is 9.97. The Kier molecular flexibility index (Phi) is 6.50. The third-order valence-electron chi connectivity index (χ3n) is 5.36. The van der Waals surface area contributed by atoms with Crippen LogP contribution in [0.15, 0.2) is 88.6 Å². The molecular weight excluding hydrogens is 470 g/mol. The third kappa shape index (κ3) is 4.98. The Balaban J connectivity index is 1.61. The summed E-state index contributed by atoms with van der Waals surface area (Å²) in [6.07, 6.45) is 0. The summed E-state index contributed by atoms with van der Waals surface area (Å²) in [5.74, 6) is -1.48. The molecule has 0 unspecified atom stereocenters. The van der Waals surface area contributed by atoms with Crippen molar-refractivity contribution in [3.63, 3.8) is 0 Å². The van der Waals surface area contributed by atoms with Crippen LogP contribution in [-0.2, 0) is 26.6 Å². The highest BCUT2D eigenvalue weighted by Crippen LogP contribution is 2.30. The standard InChI is InChI=1S/C25H21N3O6S/c1-28-23(22(16-7-3-2-4-8-16)19-9-5-6-10-20(19)24(28)30)25(31)34-15-21(29)27-17-11-13-18(14-12-17)35(26,32)33/h2-14H,15H2,1H3,(H,27,29)(H2,26,32,33). The number of nitrogens with two attached hydrogens (primary N) is 1. The van der Waals surface area contributed by atoms with Gasteiger partial charge in [-0.2, -0.15) is 0 Å². The summed E-state index contributed by atoms with van der Waals surface area (Å²) in [5, 5.41) is 8.61. The molecule has 0 spiro atoms. The van der Waals surface area contributed by atoms with E-state index < -0.39 is 28.5 Å². The fraction of sp³-hybridized carbons (Fsp3) is 0.0800. The molecule has 1 aromatic heterocycles. The molecule has 0 atom stereocenters. The molecule has 3 aromatic carbocycles. The van der Waals surface area contributed by atoms with Crippen molar-refractivity contribution in [2.24, 2.45) is 12.2 Å². The molecule has 0 bridgehead atoms. The van der Waals surface area contributed by atoms with E-state index in [2.05, 4.69) is 5.32 Å². The lowest BCUT2D eigenvalue weighted by molar-refractivity contribution is -0.119. The molecule has 35 heavy (non-hydrogen) atoms. The van der Waals surface area contributed by atoms with Crippen molar-refractivity contribution in [3.05, 3.63) is 94.9 Å².